The second-order valence-electron chi connectivity index (χ2n) is 9.56. The van der Waals surface area contributed by atoms with Crippen LogP contribution in [-0.2, 0) is 12.5 Å². The van der Waals surface area contributed by atoms with Gasteiger partial charge in [-0.25, -0.2) is 8.96 Å². The highest BCUT2D eigenvalue weighted by atomic mass is 19.1. The summed E-state index contributed by atoms with van der Waals surface area (Å²) >= 11 is 0. The molecule has 0 aliphatic heterocycles. The van der Waals surface area contributed by atoms with Crippen LogP contribution in [0.1, 0.15) is 31.9 Å². The lowest BCUT2D eigenvalue weighted by Gasteiger charge is -2.19. The zero-order chi connectivity index (χ0) is 22.6. The van der Waals surface area contributed by atoms with Crippen molar-refractivity contribution in [3.05, 3.63) is 89.9 Å². The highest BCUT2D eigenvalue weighted by molar-refractivity contribution is 6.13. The van der Waals surface area contributed by atoms with Gasteiger partial charge < -0.3 is 4.42 Å². The zero-order valence-electron chi connectivity index (χ0n) is 19.2. The number of fused-ring (bicyclic) bond motifs is 3. The first-order valence-corrected chi connectivity index (χ1v) is 11.0. The minimum absolute atomic E-state index is 0.0301. The molecule has 5 rings (SSSR count). The van der Waals surface area contributed by atoms with Crippen molar-refractivity contribution in [2.45, 2.75) is 33.1 Å². The van der Waals surface area contributed by atoms with Crippen LogP contribution in [0.5, 0.6) is 0 Å². The highest BCUT2D eigenvalue weighted by Gasteiger charge is 2.25. The summed E-state index contributed by atoms with van der Waals surface area (Å²) in [5, 5.41) is 1.93. The fraction of sp³-hybridized carbons (Fsp3) is 0.207. The smallest absolute Gasteiger partial charge is 0.216 e. The molecule has 0 aliphatic carbocycles. The molecule has 5 aromatic rings. The Morgan fingerprint density at radius 2 is 1.47 bits per heavy atom. The van der Waals surface area contributed by atoms with Gasteiger partial charge in [-0.1, -0.05) is 63.2 Å². The van der Waals surface area contributed by atoms with Crippen molar-refractivity contribution in [2.75, 3.05) is 0 Å². The summed E-state index contributed by atoms with van der Waals surface area (Å²) in [5.41, 5.74) is 7.26. The number of hydrogen-bond acceptors (Lipinski definition) is 1. The summed E-state index contributed by atoms with van der Waals surface area (Å²) in [5.74, 6) is -0.277. The molecular weight excluding hydrogens is 397 g/mol. The minimum atomic E-state index is -0.277. The average Bonchev–Trinajstić information content (AvgIpc) is 3.12. The SMILES string of the molecule is Cc1ccc2c(oc3c(-c4ccccc4)c(F)ccc32)c1-c1cc(C(C)(C)C)cc[n+]1C. The van der Waals surface area contributed by atoms with Gasteiger partial charge in [-0.15, -0.1) is 0 Å². The Labute approximate surface area is 187 Å². The number of furan rings is 1. The maximum Gasteiger partial charge on any atom is 0.216 e. The number of aryl methyl sites for hydroxylation is 2. The molecule has 0 saturated heterocycles. The Morgan fingerprint density at radius 3 is 2.16 bits per heavy atom. The standard InChI is InChI=1S/C29H27FNO/c1-18-11-12-21-22-13-14-23(30)26(19-9-7-6-8-10-19)28(22)32-27(21)25(18)24-17-20(29(2,3)4)15-16-31(24)5/h6-17H,1-5H3/q+1. The molecule has 32 heavy (non-hydrogen) atoms. The van der Waals surface area contributed by atoms with E-state index >= 15 is 4.39 Å². The van der Waals surface area contributed by atoms with Crippen molar-refractivity contribution in [3.8, 4) is 22.4 Å². The van der Waals surface area contributed by atoms with Gasteiger partial charge in [0, 0.05) is 22.9 Å². The maximum atomic E-state index is 15.0. The molecule has 0 spiro atoms. The molecule has 3 heteroatoms. The molecule has 3 aromatic carbocycles. The Kier molecular flexibility index (Phi) is 4.67. The van der Waals surface area contributed by atoms with Gasteiger partial charge in [-0.05, 0) is 41.2 Å². The number of benzene rings is 3. The van der Waals surface area contributed by atoms with E-state index in [0.29, 0.717) is 11.1 Å². The molecule has 0 saturated carbocycles. The first-order valence-electron chi connectivity index (χ1n) is 11.0. The normalized spacial score (nSPS) is 12.1. The Hall–Kier alpha value is -3.46. The second-order valence-corrected chi connectivity index (χ2v) is 9.56. The molecular formula is C29H27FNO+. The van der Waals surface area contributed by atoms with Crippen molar-refractivity contribution in [3.63, 3.8) is 0 Å². The molecule has 0 radical (unpaired) electrons. The summed E-state index contributed by atoms with van der Waals surface area (Å²) < 4.78 is 23.7. The summed E-state index contributed by atoms with van der Waals surface area (Å²) in [4.78, 5) is 0. The molecule has 2 heterocycles. The van der Waals surface area contributed by atoms with Crippen LogP contribution < -0.4 is 4.57 Å². The van der Waals surface area contributed by atoms with Crippen LogP contribution in [0.25, 0.3) is 44.3 Å². The van der Waals surface area contributed by atoms with Gasteiger partial charge in [0.1, 0.15) is 24.0 Å². The summed E-state index contributed by atoms with van der Waals surface area (Å²) in [6, 6.07) is 21.6. The summed E-state index contributed by atoms with van der Waals surface area (Å²) in [7, 11) is 2.05. The number of pyridine rings is 1. The molecule has 2 aromatic heterocycles. The predicted octanol–water partition coefficient (Wildman–Crippen LogP) is 7.49. The third-order valence-electron chi connectivity index (χ3n) is 6.30. The molecule has 0 bridgehead atoms. The van der Waals surface area contributed by atoms with Gasteiger partial charge in [-0.3, -0.25) is 0 Å². The summed E-state index contributed by atoms with van der Waals surface area (Å²) in [6.07, 6.45) is 2.10. The Bertz CT molecular complexity index is 1470. The zero-order valence-corrected chi connectivity index (χ0v) is 19.2. The third kappa shape index (κ3) is 3.20. The molecule has 0 fully saturated rings. The first kappa shape index (κ1) is 20.4. The predicted molar refractivity (Wildman–Crippen MR) is 129 cm³/mol. The number of halogens is 1. The second kappa shape index (κ2) is 7.30. The molecule has 0 unspecified atom stereocenters. The van der Waals surface area contributed by atoms with E-state index in [4.69, 9.17) is 4.42 Å². The minimum Gasteiger partial charge on any atom is -0.454 e. The summed E-state index contributed by atoms with van der Waals surface area (Å²) in [6.45, 7) is 8.76. The van der Waals surface area contributed by atoms with Crippen LogP contribution in [0.15, 0.2) is 77.3 Å². The Morgan fingerprint density at radius 1 is 0.812 bits per heavy atom. The van der Waals surface area contributed by atoms with Crippen LogP contribution in [0.2, 0.25) is 0 Å². The lowest BCUT2D eigenvalue weighted by molar-refractivity contribution is -0.660. The topological polar surface area (TPSA) is 17.0 Å². The molecule has 0 amide bonds. The van der Waals surface area contributed by atoms with Gasteiger partial charge in [0.25, 0.3) is 0 Å². The highest BCUT2D eigenvalue weighted by Crippen LogP contribution is 2.41. The fourth-order valence-corrected chi connectivity index (χ4v) is 4.45. The van der Waals surface area contributed by atoms with Crippen molar-refractivity contribution < 1.29 is 13.4 Å². The molecule has 0 aliphatic rings. The van der Waals surface area contributed by atoms with Crippen LogP contribution in [0.3, 0.4) is 0 Å². The van der Waals surface area contributed by atoms with Gasteiger partial charge in [0.05, 0.1) is 11.1 Å². The van der Waals surface area contributed by atoms with Crippen molar-refractivity contribution in [1.29, 1.82) is 0 Å². The first-order chi connectivity index (χ1) is 15.3. The fourth-order valence-electron chi connectivity index (χ4n) is 4.45. The largest absolute Gasteiger partial charge is 0.454 e. The van der Waals surface area contributed by atoms with Crippen LogP contribution in [0.4, 0.5) is 4.39 Å². The van der Waals surface area contributed by atoms with E-state index in [2.05, 4.69) is 69.8 Å². The van der Waals surface area contributed by atoms with Crippen molar-refractivity contribution >= 4 is 21.9 Å². The van der Waals surface area contributed by atoms with E-state index < -0.39 is 0 Å². The van der Waals surface area contributed by atoms with Gasteiger partial charge in [0.15, 0.2) is 6.20 Å². The van der Waals surface area contributed by atoms with E-state index in [-0.39, 0.29) is 11.2 Å². The molecule has 0 N–H and O–H groups in total. The van der Waals surface area contributed by atoms with Gasteiger partial charge >= 0.3 is 0 Å². The van der Waals surface area contributed by atoms with E-state index in [0.717, 1.165) is 38.7 Å². The maximum absolute atomic E-state index is 15.0. The van der Waals surface area contributed by atoms with E-state index in [1.54, 1.807) is 6.07 Å². The van der Waals surface area contributed by atoms with Crippen LogP contribution in [-0.4, -0.2) is 0 Å². The average molecular weight is 425 g/mol. The van der Waals surface area contributed by atoms with E-state index in [9.17, 15) is 0 Å². The van der Waals surface area contributed by atoms with Crippen LogP contribution in [0, 0.1) is 12.7 Å². The quantitative estimate of drug-likeness (QED) is 0.268. The van der Waals surface area contributed by atoms with Crippen molar-refractivity contribution in [2.24, 2.45) is 7.05 Å². The van der Waals surface area contributed by atoms with E-state index in [1.165, 1.54) is 5.56 Å². The lowest BCUT2D eigenvalue weighted by atomic mass is 9.86. The lowest BCUT2D eigenvalue weighted by Crippen LogP contribution is -2.32. The molecule has 0 atom stereocenters. The molecule has 160 valence electrons. The Balaban J connectivity index is 1.87. The van der Waals surface area contributed by atoms with Gasteiger partial charge in [0.2, 0.25) is 5.69 Å². The number of aromatic nitrogens is 1. The molecule has 2 nitrogen and oxygen atoms in total. The number of nitrogens with zero attached hydrogens (tertiary/aromatic N) is 1. The monoisotopic (exact) mass is 424 g/mol. The van der Waals surface area contributed by atoms with E-state index in [1.807, 2.05) is 36.4 Å². The van der Waals surface area contributed by atoms with Gasteiger partial charge in [-0.2, -0.15) is 0 Å². The third-order valence-corrected chi connectivity index (χ3v) is 6.30. The van der Waals surface area contributed by atoms with Crippen LogP contribution >= 0.6 is 0 Å². The number of hydrogen-bond donors (Lipinski definition) is 0. The van der Waals surface area contributed by atoms with Crippen molar-refractivity contribution in [1.82, 2.24) is 0 Å². The number of rotatable bonds is 2.